The van der Waals surface area contributed by atoms with Crippen LogP contribution in [-0.4, -0.2) is 5.78 Å². The lowest BCUT2D eigenvalue weighted by molar-refractivity contribution is 0.103. The van der Waals surface area contributed by atoms with Crippen molar-refractivity contribution < 1.29 is 13.6 Å². The number of carbonyl (C=O) groups excluding carboxylic acids is 1. The average Bonchev–Trinajstić information content (AvgIpc) is 2.35. The van der Waals surface area contributed by atoms with Gasteiger partial charge < -0.3 is 0 Å². The van der Waals surface area contributed by atoms with E-state index in [4.69, 9.17) is 11.6 Å². The largest absolute Gasteiger partial charge is 0.288 e. The lowest BCUT2D eigenvalue weighted by Gasteiger charge is -2.07. The predicted molar refractivity (Wildman–Crippen MR) is 66.0 cm³/mol. The summed E-state index contributed by atoms with van der Waals surface area (Å²) in [5.41, 5.74) is 0.639. The molecule has 2 rings (SSSR count). The zero-order chi connectivity index (χ0) is 13.3. The van der Waals surface area contributed by atoms with Crippen molar-refractivity contribution in [2.75, 3.05) is 0 Å². The Morgan fingerprint density at radius 3 is 2.56 bits per heavy atom. The molecule has 1 nitrogen and oxygen atoms in total. The van der Waals surface area contributed by atoms with E-state index in [0.29, 0.717) is 10.6 Å². The van der Waals surface area contributed by atoms with E-state index in [-0.39, 0.29) is 11.1 Å². The molecule has 0 aliphatic heterocycles. The second kappa shape index (κ2) is 4.86. The fourth-order valence-corrected chi connectivity index (χ4v) is 1.84. The van der Waals surface area contributed by atoms with Crippen LogP contribution in [0.3, 0.4) is 0 Å². The van der Waals surface area contributed by atoms with E-state index in [2.05, 4.69) is 0 Å². The Kier molecular flexibility index (Phi) is 3.43. The second-order valence-electron chi connectivity index (χ2n) is 3.89. The molecule has 0 saturated heterocycles. The third-order valence-electron chi connectivity index (χ3n) is 2.64. The lowest BCUT2D eigenvalue weighted by Crippen LogP contribution is -2.07. The van der Waals surface area contributed by atoms with E-state index in [1.807, 2.05) is 0 Å². The number of hydrogen-bond acceptors (Lipinski definition) is 1. The molecular formula is C14H9ClF2O. The third-order valence-corrected chi connectivity index (χ3v) is 2.88. The maximum atomic E-state index is 13.5. The molecule has 0 bridgehead atoms. The van der Waals surface area contributed by atoms with Crippen LogP contribution in [0.4, 0.5) is 8.78 Å². The van der Waals surface area contributed by atoms with Crippen LogP contribution in [0.1, 0.15) is 21.5 Å². The van der Waals surface area contributed by atoms with Crippen molar-refractivity contribution in [2.45, 2.75) is 6.92 Å². The van der Waals surface area contributed by atoms with Gasteiger partial charge >= 0.3 is 0 Å². The summed E-state index contributed by atoms with van der Waals surface area (Å²) in [4.78, 5) is 12.1. The predicted octanol–water partition coefficient (Wildman–Crippen LogP) is 4.16. The van der Waals surface area contributed by atoms with E-state index in [9.17, 15) is 13.6 Å². The molecule has 0 spiro atoms. The minimum atomic E-state index is -1.14. The minimum absolute atomic E-state index is 0.270. The van der Waals surface area contributed by atoms with E-state index in [1.54, 1.807) is 19.1 Å². The van der Waals surface area contributed by atoms with Crippen molar-refractivity contribution in [1.29, 1.82) is 0 Å². The number of aryl methyl sites for hydroxylation is 1. The van der Waals surface area contributed by atoms with E-state index >= 15 is 0 Å². The van der Waals surface area contributed by atoms with Crippen LogP contribution in [0.2, 0.25) is 5.02 Å². The summed E-state index contributed by atoms with van der Waals surface area (Å²) < 4.78 is 26.6. The molecule has 0 aliphatic carbocycles. The minimum Gasteiger partial charge on any atom is -0.288 e. The Morgan fingerprint density at radius 1 is 1.11 bits per heavy atom. The van der Waals surface area contributed by atoms with Crippen LogP contribution in [-0.2, 0) is 0 Å². The summed E-state index contributed by atoms with van der Waals surface area (Å²) in [5, 5.41) is 0.376. The van der Waals surface area contributed by atoms with Gasteiger partial charge in [-0.2, -0.15) is 0 Å². The molecule has 2 aromatic rings. The van der Waals surface area contributed by atoms with E-state index in [0.717, 1.165) is 6.07 Å². The fourth-order valence-electron chi connectivity index (χ4n) is 1.66. The highest BCUT2D eigenvalue weighted by molar-refractivity contribution is 6.31. The van der Waals surface area contributed by atoms with Crippen LogP contribution in [0.25, 0.3) is 0 Å². The van der Waals surface area contributed by atoms with Crippen molar-refractivity contribution in [2.24, 2.45) is 0 Å². The maximum Gasteiger partial charge on any atom is 0.196 e. The number of rotatable bonds is 2. The molecule has 0 unspecified atom stereocenters. The molecule has 0 fully saturated rings. The van der Waals surface area contributed by atoms with Crippen LogP contribution in [0.5, 0.6) is 0 Å². The van der Waals surface area contributed by atoms with Crippen molar-refractivity contribution >= 4 is 17.4 Å². The van der Waals surface area contributed by atoms with Crippen LogP contribution in [0, 0.1) is 18.6 Å². The zero-order valence-electron chi connectivity index (χ0n) is 9.51. The molecule has 92 valence electrons. The topological polar surface area (TPSA) is 17.1 Å². The van der Waals surface area contributed by atoms with Gasteiger partial charge in [0, 0.05) is 10.6 Å². The van der Waals surface area contributed by atoms with Gasteiger partial charge in [0.15, 0.2) is 17.4 Å². The quantitative estimate of drug-likeness (QED) is 0.746. The van der Waals surface area contributed by atoms with Gasteiger partial charge in [-0.05, 0) is 36.8 Å². The molecule has 0 aromatic heterocycles. The van der Waals surface area contributed by atoms with Gasteiger partial charge in [0.25, 0.3) is 0 Å². The Labute approximate surface area is 108 Å². The monoisotopic (exact) mass is 266 g/mol. The SMILES string of the molecule is Cc1ccc(Cl)cc1C(=O)c1cccc(F)c1F. The summed E-state index contributed by atoms with van der Waals surface area (Å²) in [7, 11) is 0. The van der Waals surface area contributed by atoms with Crippen molar-refractivity contribution in [3.05, 3.63) is 69.7 Å². The maximum absolute atomic E-state index is 13.5. The normalized spacial score (nSPS) is 10.4. The first kappa shape index (κ1) is 12.7. The van der Waals surface area contributed by atoms with Gasteiger partial charge in [0.1, 0.15) is 0 Å². The highest BCUT2D eigenvalue weighted by Gasteiger charge is 2.18. The molecule has 0 amide bonds. The summed E-state index contributed by atoms with van der Waals surface area (Å²) in [6.07, 6.45) is 0. The second-order valence-corrected chi connectivity index (χ2v) is 4.33. The molecule has 0 radical (unpaired) electrons. The Balaban J connectivity index is 2.55. The Morgan fingerprint density at radius 2 is 1.83 bits per heavy atom. The van der Waals surface area contributed by atoms with Crippen molar-refractivity contribution in [1.82, 2.24) is 0 Å². The molecule has 0 N–H and O–H groups in total. The number of hydrogen-bond donors (Lipinski definition) is 0. The molecule has 0 saturated carbocycles. The lowest BCUT2D eigenvalue weighted by atomic mass is 9.99. The van der Waals surface area contributed by atoms with Crippen LogP contribution < -0.4 is 0 Å². The van der Waals surface area contributed by atoms with Gasteiger partial charge in [-0.3, -0.25) is 4.79 Å². The Hall–Kier alpha value is -1.74. The van der Waals surface area contributed by atoms with Gasteiger partial charge in [-0.25, -0.2) is 8.78 Å². The smallest absolute Gasteiger partial charge is 0.196 e. The highest BCUT2D eigenvalue weighted by atomic mass is 35.5. The fraction of sp³-hybridized carbons (Fsp3) is 0.0714. The van der Waals surface area contributed by atoms with E-state index < -0.39 is 17.4 Å². The number of halogens is 3. The molecular weight excluding hydrogens is 258 g/mol. The number of carbonyl (C=O) groups is 1. The zero-order valence-corrected chi connectivity index (χ0v) is 10.3. The first-order chi connectivity index (χ1) is 8.50. The number of ketones is 1. The van der Waals surface area contributed by atoms with Crippen LogP contribution in [0.15, 0.2) is 36.4 Å². The molecule has 0 heterocycles. The highest BCUT2D eigenvalue weighted by Crippen LogP contribution is 2.21. The summed E-state index contributed by atoms with van der Waals surface area (Å²) in [6.45, 7) is 1.71. The summed E-state index contributed by atoms with van der Waals surface area (Å²) >= 11 is 5.80. The van der Waals surface area contributed by atoms with E-state index in [1.165, 1.54) is 18.2 Å². The third kappa shape index (κ3) is 2.27. The standard InChI is InChI=1S/C14H9ClF2O/c1-8-5-6-9(15)7-11(8)14(18)10-3-2-4-12(16)13(10)17/h2-7H,1H3. The first-order valence-corrected chi connectivity index (χ1v) is 5.63. The Bertz CT molecular complexity index is 619. The first-order valence-electron chi connectivity index (χ1n) is 5.25. The summed E-state index contributed by atoms with van der Waals surface area (Å²) in [6, 6.07) is 8.26. The van der Waals surface area contributed by atoms with Gasteiger partial charge in [-0.1, -0.05) is 23.7 Å². The van der Waals surface area contributed by atoms with Crippen LogP contribution >= 0.6 is 11.6 Å². The van der Waals surface area contributed by atoms with Gasteiger partial charge in [0.05, 0.1) is 5.56 Å². The molecule has 0 atom stereocenters. The average molecular weight is 267 g/mol. The van der Waals surface area contributed by atoms with Gasteiger partial charge in [0.2, 0.25) is 0 Å². The van der Waals surface area contributed by atoms with Crippen molar-refractivity contribution in [3.8, 4) is 0 Å². The molecule has 4 heteroatoms. The molecule has 0 aliphatic rings. The molecule has 2 aromatic carbocycles. The summed E-state index contributed by atoms with van der Waals surface area (Å²) in [5.74, 6) is -2.76. The molecule has 18 heavy (non-hydrogen) atoms. The number of benzene rings is 2. The van der Waals surface area contributed by atoms with Gasteiger partial charge in [-0.15, -0.1) is 0 Å². The van der Waals surface area contributed by atoms with Crippen molar-refractivity contribution in [3.63, 3.8) is 0 Å².